The Morgan fingerprint density at radius 2 is 1.83 bits per heavy atom. The van der Waals surface area contributed by atoms with Crippen molar-refractivity contribution in [3.63, 3.8) is 0 Å². The molecule has 4 aliphatic carbocycles. The van der Waals surface area contributed by atoms with Gasteiger partial charge in [-0.25, -0.2) is 0 Å². The summed E-state index contributed by atoms with van der Waals surface area (Å²) in [5.41, 5.74) is 6.20. The highest BCUT2D eigenvalue weighted by Gasteiger charge is 2.71. The van der Waals surface area contributed by atoms with E-state index >= 15 is 0 Å². The monoisotopic (exact) mass is 572 g/mol. The number of carboxylic acids is 1. The van der Waals surface area contributed by atoms with Gasteiger partial charge in [-0.15, -0.1) is 0 Å². The average Bonchev–Trinajstić information content (AvgIpc) is 2.88. The third-order valence-electron chi connectivity index (χ3n) is 13.9. The summed E-state index contributed by atoms with van der Waals surface area (Å²) in [5.74, 6) is 0.375. The van der Waals surface area contributed by atoms with Crippen LogP contribution in [0, 0.1) is 56.7 Å². The van der Waals surface area contributed by atoms with Gasteiger partial charge in [0.25, 0.3) is 0 Å². The number of fused-ring (bicyclic) bond motifs is 3. The summed E-state index contributed by atoms with van der Waals surface area (Å²) in [5, 5.41) is 14.2. The van der Waals surface area contributed by atoms with Gasteiger partial charge in [-0.2, -0.15) is 0 Å². The van der Waals surface area contributed by atoms with E-state index in [2.05, 4.69) is 59.9 Å². The average molecular weight is 573 g/mol. The Kier molecular flexibility index (Phi) is 7.81. The molecule has 1 aliphatic heterocycles. The first-order valence-electron chi connectivity index (χ1n) is 16.2. The molecule has 0 spiro atoms. The molecule has 4 N–H and O–H groups in total. The quantitative estimate of drug-likeness (QED) is 0.351. The SMILES string of the molecule is CC(=O)N[C@@H]1C[C@@]23COCC(C)([C@H]1OCCN)[C@@H]2CC[C@H]1C3=CC[C@@]2(C)[C@H](C(=O)O)[C@@](C)([C@H](C)C(C)C)CC[C@]12C. The van der Waals surface area contributed by atoms with Crippen LogP contribution in [0.2, 0.25) is 0 Å². The van der Waals surface area contributed by atoms with Crippen LogP contribution in [0.3, 0.4) is 0 Å². The second-order valence-electron chi connectivity index (χ2n) is 15.9. The lowest BCUT2D eigenvalue weighted by Crippen LogP contribution is -2.71. The van der Waals surface area contributed by atoms with Crippen molar-refractivity contribution in [1.29, 1.82) is 0 Å². The maximum atomic E-state index is 13.3. The van der Waals surface area contributed by atoms with Gasteiger partial charge in [-0.05, 0) is 78.4 Å². The first-order chi connectivity index (χ1) is 19.1. The molecule has 0 radical (unpaired) electrons. The number of nitrogens with two attached hydrogens (primary N) is 1. The highest BCUT2D eigenvalue weighted by atomic mass is 16.5. The molecule has 5 rings (SSSR count). The number of carbonyl (C=O) groups is 2. The Balaban J connectivity index is 1.60. The molecule has 7 nitrogen and oxygen atoms in total. The fourth-order valence-corrected chi connectivity index (χ4v) is 11.5. The smallest absolute Gasteiger partial charge is 0.307 e. The van der Waals surface area contributed by atoms with Crippen LogP contribution in [0.1, 0.15) is 93.9 Å². The topological polar surface area (TPSA) is 111 Å². The Morgan fingerprint density at radius 3 is 2.44 bits per heavy atom. The minimum absolute atomic E-state index is 0.0338. The van der Waals surface area contributed by atoms with Crippen molar-refractivity contribution in [3.05, 3.63) is 11.6 Å². The van der Waals surface area contributed by atoms with E-state index in [1.807, 2.05) is 0 Å². The number of allylic oxidation sites excluding steroid dienone is 1. The number of hydrogen-bond acceptors (Lipinski definition) is 5. The zero-order valence-corrected chi connectivity index (χ0v) is 26.8. The third kappa shape index (κ3) is 4.22. The molecular formula is C34H56N2O5. The van der Waals surface area contributed by atoms with Gasteiger partial charge in [0.05, 0.1) is 37.9 Å². The van der Waals surface area contributed by atoms with Crippen molar-refractivity contribution < 1.29 is 24.2 Å². The summed E-state index contributed by atoms with van der Waals surface area (Å²) in [6.45, 7) is 19.8. The molecule has 0 aromatic heterocycles. The third-order valence-corrected chi connectivity index (χ3v) is 13.9. The van der Waals surface area contributed by atoms with Gasteiger partial charge in [-0.3, -0.25) is 9.59 Å². The van der Waals surface area contributed by atoms with Gasteiger partial charge in [0.2, 0.25) is 5.91 Å². The van der Waals surface area contributed by atoms with Crippen LogP contribution in [-0.4, -0.2) is 55.5 Å². The number of aliphatic carboxylic acids is 1. The standard InChI is InChI=1S/C34H56N2O5/c1-20(2)21(3)30(5)13-14-32(7)23-9-10-26-31(6)18-40-19-34(26,17-25(36-22(4)37)28(31)41-16-15-35)24(23)11-12-33(32,8)27(30)29(38)39/h11,20-21,23,25-28H,9-10,12-19,35H2,1-8H3,(H,36,37)(H,38,39)/t21-,23+,25-,26+,27-,28+,30-,31?,32-,33+,34+/m1/s1. The summed E-state index contributed by atoms with van der Waals surface area (Å²) >= 11 is 0. The van der Waals surface area contributed by atoms with Gasteiger partial charge in [0, 0.05) is 24.3 Å². The van der Waals surface area contributed by atoms with Crippen LogP contribution in [-0.2, 0) is 19.1 Å². The first kappa shape index (κ1) is 31.0. The van der Waals surface area contributed by atoms with E-state index in [9.17, 15) is 14.7 Å². The predicted molar refractivity (Wildman–Crippen MR) is 160 cm³/mol. The van der Waals surface area contributed by atoms with E-state index in [-0.39, 0.29) is 45.1 Å². The Labute approximate surface area is 247 Å². The highest BCUT2D eigenvalue weighted by Crippen LogP contribution is 2.74. The number of carboxylic acid groups (broad SMARTS) is 1. The Morgan fingerprint density at radius 1 is 1.12 bits per heavy atom. The molecule has 232 valence electrons. The fourth-order valence-electron chi connectivity index (χ4n) is 11.5. The molecule has 7 heteroatoms. The van der Waals surface area contributed by atoms with Gasteiger partial charge < -0.3 is 25.6 Å². The summed E-state index contributed by atoms with van der Waals surface area (Å²) in [6, 6.07) is -0.113. The molecule has 1 amide bonds. The minimum atomic E-state index is -0.631. The van der Waals surface area contributed by atoms with Crippen molar-refractivity contribution >= 4 is 11.9 Å². The van der Waals surface area contributed by atoms with Gasteiger partial charge in [-0.1, -0.05) is 60.1 Å². The maximum absolute atomic E-state index is 13.3. The van der Waals surface area contributed by atoms with E-state index in [0.29, 0.717) is 50.0 Å². The lowest BCUT2D eigenvalue weighted by atomic mass is 9.34. The van der Waals surface area contributed by atoms with Crippen LogP contribution in [0.5, 0.6) is 0 Å². The minimum Gasteiger partial charge on any atom is -0.481 e. The molecule has 2 bridgehead atoms. The van der Waals surface area contributed by atoms with Crippen molar-refractivity contribution in [2.24, 2.45) is 62.4 Å². The Bertz CT molecular complexity index is 1090. The molecule has 1 unspecified atom stereocenters. The van der Waals surface area contributed by atoms with Crippen molar-refractivity contribution in [2.75, 3.05) is 26.4 Å². The fraction of sp³-hybridized carbons (Fsp3) is 0.882. The largest absolute Gasteiger partial charge is 0.481 e. The molecular weight excluding hydrogens is 516 g/mol. The van der Waals surface area contributed by atoms with Crippen LogP contribution in [0.25, 0.3) is 0 Å². The predicted octanol–water partition coefficient (Wildman–Crippen LogP) is 5.42. The van der Waals surface area contributed by atoms with E-state index in [4.69, 9.17) is 15.2 Å². The molecule has 0 aromatic rings. The molecule has 4 fully saturated rings. The molecule has 3 saturated carbocycles. The van der Waals surface area contributed by atoms with Crippen molar-refractivity contribution in [1.82, 2.24) is 5.32 Å². The molecule has 1 heterocycles. The van der Waals surface area contributed by atoms with Crippen LogP contribution in [0.4, 0.5) is 0 Å². The van der Waals surface area contributed by atoms with Gasteiger partial charge in [0.1, 0.15) is 0 Å². The Hall–Kier alpha value is -1.44. The maximum Gasteiger partial charge on any atom is 0.307 e. The number of rotatable bonds is 7. The van der Waals surface area contributed by atoms with Crippen LogP contribution in [0.15, 0.2) is 11.6 Å². The normalized spacial score (nSPS) is 47.9. The number of ether oxygens (including phenoxy) is 2. The lowest BCUT2D eigenvalue weighted by Gasteiger charge is -2.71. The van der Waals surface area contributed by atoms with E-state index in [1.165, 1.54) is 5.57 Å². The summed E-state index contributed by atoms with van der Waals surface area (Å²) in [4.78, 5) is 25.7. The molecule has 1 saturated heterocycles. The van der Waals surface area contributed by atoms with Gasteiger partial charge >= 0.3 is 5.97 Å². The number of hydrogen-bond donors (Lipinski definition) is 3. The number of amides is 1. The number of nitrogens with one attached hydrogen (secondary N) is 1. The van der Waals surface area contributed by atoms with E-state index < -0.39 is 11.9 Å². The highest BCUT2D eigenvalue weighted by molar-refractivity contribution is 5.74. The molecule has 5 aliphatic rings. The van der Waals surface area contributed by atoms with Crippen LogP contribution < -0.4 is 11.1 Å². The number of carbonyl (C=O) groups excluding carboxylic acids is 1. The van der Waals surface area contributed by atoms with Crippen molar-refractivity contribution in [2.45, 2.75) is 106 Å². The second kappa shape index (κ2) is 10.3. The zero-order valence-electron chi connectivity index (χ0n) is 26.8. The summed E-state index contributed by atoms with van der Waals surface area (Å²) in [7, 11) is 0. The molecule has 41 heavy (non-hydrogen) atoms. The lowest BCUT2D eigenvalue weighted by molar-refractivity contribution is -0.243. The molecule has 11 atom stereocenters. The van der Waals surface area contributed by atoms with Crippen molar-refractivity contribution in [3.8, 4) is 0 Å². The second-order valence-corrected chi connectivity index (χ2v) is 15.9. The first-order valence-corrected chi connectivity index (χ1v) is 16.2. The summed E-state index contributed by atoms with van der Waals surface area (Å²) < 4.78 is 12.9. The van der Waals surface area contributed by atoms with E-state index in [1.54, 1.807) is 6.92 Å². The zero-order chi connectivity index (χ0) is 30.2. The summed E-state index contributed by atoms with van der Waals surface area (Å²) in [6.07, 6.45) is 7.99. The molecule has 0 aromatic carbocycles. The van der Waals surface area contributed by atoms with E-state index in [0.717, 1.165) is 38.5 Å². The van der Waals surface area contributed by atoms with Crippen LogP contribution >= 0.6 is 0 Å². The van der Waals surface area contributed by atoms with Gasteiger partial charge in [0.15, 0.2) is 0 Å².